The van der Waals surface area contributed by atoms with Crippen LogP contribution in [-0.4, -0.2) is 30.4 Å². The number of esters is 1. The highest BCUT2D eigenvalue weighted by Crippen LogP contribution is 2.09. The van der Waals surface area contributed by atoms with E-state index in [1.54, 1.807) is 13.8 Å². The summed E-state index contributed by atoms with van der Waals surface area (Å²) in [7, 11) is 0. The van der Waals surface area contributed by atoms with Crippen LogP contribution in [0.5, 0.6) is 0 Å². The summed E-state index contributed by atoms with van der Waals surface area (Å²) in [6.45, 7) is 7.44. The van der Waals surface area contributed by atoms with Gasteiger partial charge in [0.15, 0.2) is 0 Å². The van der Waals surface area contributed by atoms with Gasteiger partial charge in [0.2, 0.25) is 11.8 Å². The third-order valence-electron chi connectivity index (χ3n) is 2.55. The maximum Gasteiger partial charge on any atom is 0.308 e. The van der Waals surface area contributed by atoms with Crippen LogP contribution in [0.4, 0.5) is 0 Å². The van der Waals surface area contributed by atoms with Gasteiger partial charge in [-0.1, -0.05) is 20.8 Å². The first kappa shape index (κ1) is 17.4. The molecule has 0 aliphatic carbocycles. The van der Waals surface area contributed by atoms with Crippen molar-refractivity contribution in [3.05, 3.63) is 0 Å². The number of rotatable bonds is 8. The normalized spacial score (nSPS) is 13.7. The van der Waals surface area contributed by atoms with Gasteiger partial charge < -0.3 is 15.8 Å². The predicted octanol–water partition coefficient (Wildman–Crippen LogP) is 0.592. The molecule has 0 radical (unpaired) electrons. The molecule has 2 amide bonds. The summed E-state index contributed by atoms with van der Waals surface area (Å²) in [5, 5.41) is 2.55. The molecule has 6 heteroatoms. The van der Waals surface area contributed by atoms with Crippen molar-refractivity contribution in [1.29, 1.82) is 0 Å². The van der Waals surface area contributed by atoms with Gasteiger partial charge in [0.05, 0.1) is 12.5 Å². The number of nitrogens with one attached hydrogen (secondary N) is 1. The lowest BCUT2D eigenvalue weighted by Crippen LogP contribution is -2.46. The van der Waals surface area contributed by atoms with E-state index in [-0.39, 0.29) is 24.9 Å². The van der Waals surface area contributed by atoms with Crippen LogP contribution in [0.2, 0.25) is 0 Å². The van der Waals surface area contributed by atoms with Crippen LogP contribution in [0.15, 0.2) is 0 Å². The smallest absolute Gasteiger partial charge is 0.308 e. The number of hydrogen-bond donors (Lipinski definition) is 2. The Labute approximate surface area is 114 Å². The van der Waals surface area contributed by atoms with Gasteiger partial charge in [-0.3, -0.25) is 14.4 Å². The van der Waals surface area contributed by atoms with Crippen LogP contribution in [0, 0.1) is 11.8 Å². The molecule has 110 valence electrons. The molecule has 0 aliphatic heterocycles. The van der Waals surface area contributed by atoms with Gasteiger partial charge in [0.25, 0.3) is 0 Å². The average molecular weight is 272 g/mol. The van der Waals surface area contributed by atoms with Crippen molar-refractivity contribution in [1.82, 2.24) is 5.32 Å². The third kappa shape index (κ3) is 7.43. The van der Waals surface area contributed by atoms with Crippen molar-refractivity contribution in [2.75, 3.05) is 6.61 Å². The Bertz CT molecular complexity index is 329. The van der Waals surface area contributed by atoms with E-state index < -0.39 is 23.8 Å². The number of ether oxygens (including phenoxy) is 1. The number of nitrogens with two attached hydrogens (primary N) is 1. The van der Waals surface area contributed by atoms with Gasteiger partial charge in [0, 0.05) is 6.42 Å². The molecule has 0 spiro atoms. The van der Waals surface area contributed by atoms with E-state index in [0.717, 1.165) is 0 Å². The molecule has 3 N–H and O–H groups in total. The highest BCUT2D eigenvalue weighted by molar-refractivity contribution is 5.87. The maximum absolute atomic E-state index is 11.6. The first-order valence-corrected chi connectivity index (χ1v) is 6.53. The Morgan fingerprint density at radius 1 is 1.21 bits per heavy atom. The Morgan fingerprint density at radius 3 is 2.21 bits per heavy atom. The molecule has 0 heterocycles. The number of amides is 2. The number of primary amides is 1. The molecule has 19 heavy (non-hydrogen) atoms. The molecule has 0 saturated heterocycles. The molecular weight excluding hydrogens is 248 g/mol. The monoisotopic (exact) mass is 272 g/mol. The maximum atomic E-state index is 11.6. The van der Waals surface area contributed by atoms with Crippen molar-refractivity contribution >= 4 is 17.8 Å². The van der Waals surface area contributed by atoms with Crippen molar-refractivity contribution in [3.8, 4) is 0 Å². The molecule has 0 aromatic carbocycles. The summed E-state index contributed by atoms with van der Waals surface area (Å²) in [6, 6.07) is -0.842. The highest BCUT2D eigenvalue weighted by Gasteiger charge is 2.25. The van der Waals surface area contributed by atoms with Gasteiger partial charge in [-0.2, -0.15) is 0 Å². The molecule has 0 aliphatic rings. The lowest BCUT2D eigenvalue weighted by atomic mass is 10.0. The Hall–Kier alpha value is -1.59. The molecule has 0 saturated carbocycles. The van der Waals surface area contributed by atoms with Crippen LogP contribution >= 0.6 is 0 Å². The zero-order valence-corrected chi connectivity index (χ0v) is 12.1. The molecular formula is C13H24N2O4. The average Bonchev–Trinajstić information content (AvgIpc) is 2.26. The predicted molar refractivity (Wildman–Crippen MR) is 71.0 cm³/mol. The van der Waals surface area contributed by atoms with Crippen molar-refractivity contribution < 1.29 is 19.1 Å². The van der Waals surface area contributed by atoms with Gasteiger partial charge in [-0.05, 0) is 19.3 Å². The summed E-state index contributed by atoms with van der Waals surface area (Å²) in [5.74, 6) is -1.58. The minimum Gasteiger partial charge on any atom is -0.466 e. The van der Waals surface area contributed by atoms with Crippen LogP contribution in [0.25, 0.3) is 0 Å². The molecule has 2 atom stereocenters. The first-order valence-electron chi connectivity index (χ1n) is 6.53. The second-order valence-electron chi connectivity index (χ2n) is 5.01. The quantitative estimate of drug-likeness (QED) is 0.632. The van der Waals surface area contributed by atoms with E-state index in [4.69, 9.17) is 10.5 Å². The van der Waals surface area contributed by atoms with Gasteiger partial charge in [-0.15, -0.1) is 0 Å². The second kappa shape index (κ2) is 8.50. The lowest BCUT2D eigenvalue weighted by Gasteiger charge is -2.19. The minimum atomic E-state index is -0.842. The van der Waals surface area contributed by atoms with E-state index in [1.807, 2.05) is 13.8 Å². The molecule has 0 aromatic heterocycles. The van der Waals surface area contributed by atoms with Crippen LogP contribution < -0.4 is 11.1 Å². The zero-order valence-electron chi connectivity index (χ0n) is 12.1. The summed E-state index contributed by atoms with van der Waals surface area (Å²) in [4.78, 5) is 34.4. The molecule has 0 bridgehead atoms. The van der Waals surface area contributed by atoms with Crippen molar-refractivity contribution in [3.63, 3.8) is 0 Å². The van der Waals surface area contributed by atoms with E-state index in [9.17, 15) is 14.4 Å². The van der Waals surface area contributed by atoms with Crippen molar-refractivity contribution in [2.45, 2.75) is 46.6 Å². The zero-order chi connectivity index (χ0) is 15.0. The van der Waals surface area contributed by atoms with Gasteiger partial charge in [0.1, 0.15) is 6.04 Å². The molecule has 0 rings (SSSR count). The minimum absolute atomic E-state index is 0.151. The highest BCUT2D eigenvalue weighted by atomic mass is 16.5. The fourth-order valence-electron chi connectivity index (χ4n) is 1.60. The Balaban J connectivity index is 4.45. The largest absolute Gasteiger partial charge is 0.466 e. The van der Waals surface area contributed by atoms with Crippen LogP contribution in [-0.2, 0) is 19.1 Å². The van der Waals surface area contributed by atoms with Crippen LogP contribution in [0.3, 0.4) is 0 Å². The number of hydrogen-bond acceptors (Lipinski definition) is 4. The molecule has 6 nitrogen and oxygen atoms in total. The van der Waals surface area contributed by atoms with Crippen molar-refractivity contribution in [2.24, 2.45) is 17.6 Å². The summed E-state index contributed by atoms with van der Waals surface area (Å²) in [5.41, 5.74) is 5.23. The SMILES string of the molecule is CCOC(=O)[C@@H](C)C[C@@H](NC(=O)CC(C)C)C(N)=O. The fraction of sp³-hybridized carbons (Fsp3) is 0.769. The van der Waals surface area contributed by atoms with Gasteiger partial charge >= 0.3 is 5.97 Å². The van der Waals surface area contributed by atoms with E-state index in [2.05, 4.69) is 5.32 Å². The van der Waals surface area contributed by atoms with E-state index in [0.29, 0.717) is 6.42 Å². The first-order chi connectivity index (χ1) is 8.77. The van der Waals surface area contributed by atoms with E-state index >= 15 is 0 Å². The fourth-order valence-corrected chi connectivity index (χ4v) is 1.60. The molecule has 0 fully saturated rings. The summed E-state index contributed by atoms with van der Waals surface area (Å²) < 4.78 is 4.85. The van der Waals surface area contributed by atoms with Crippen LogP contribution in [0.1, 0.15) is 40.5 Å². The number of carbonyl (C=O) groups excluding carboxylic acids is 3. The Morgan fingerprint density at radius 2 is 1.79 bits per heavy atom. The van der Waals surface area contributed by atoms with E-state index in [1.165, 1.54) is 0 Å². The lowest BCUT2D eigenvalue weighted by molar-refractivity contribution is -0.148. The van der Waals surface area contributed by atoms with Gasteiger partial charge in [-0.25, -0.2) is 0 Å². The Kier molecular flexibility index (Phi) is 7.79. The molecule has 0 unspecified atom stereocenters. The molecule has 0 aromatic rings. The summed E-state index contributed by atoms with van der Waals surface area (Å²) in [6.07, 6.45) is 0.468. The number of carbonyl (C=O) groups is 3. The third-order valence-corrected chi connectivity index (χ3v) is 2.55. The standard InChI is InChI=1S/C13H24N2O4/c1-5-19-13(18)9(4)7-10(12(14)17)15-11(16)6-8(2)3/h8-10H,5-7H2,1-4H3,(H2,14,17)(H,15,16)/t9-,10+/m0/s1. The topological polar surface area (TPSA) is 98.5 Å². The summed E-state index contributed by atoms with van der Waals surface area (Å²) >= 11 is 0. The second-order valence-corrected chi connectivity index (χ2v) is 5.01.